The number of nitrogens with zero attached hydrogens (tertiary/aromatic N) is 3. The van der Waals surface area contributed by atoms with Crippen LogP contribution in [0.2, 0.25) is 0 Å². The summed E-state index contributed by atoms with van der Waals surface area (Å²) in [5.74, 6) is 0.405. The van der Waals surface area contributed by atoms with Gasteiger partial charge < -0.3 is 10.0 Å². The maximum atomic E-state index is 12.2. The van der Waals surface area contributed by atoms with Crippen molar-refractivity contribution in [3.8, 4) is 0 Å². The van der Waals surface area contributed by atoms with Gasteiger partial charge in [0.25, 0.3) is 5.91 Å². The third-order valence-corrected chi connectivity index (χ3v) is 4.02. The average molecular weight is 235 g/mol. The molecule has 17 heavy (non-hydrogen) atoms. The summed E-state index contributed by atoms with van der Waals surface area (Å²) in [4.78, 5) is 13.9. The second-order valence-corrected chi connectivity index (χ2v) is 5.31. The zero-order valence-corrected chi connectivity index (χ0v) is 10.2. The van der Waals surface area contributed by atoms with Crippen LogP contribution in [-0.2, 0) is 7.05 Å². The first-order valence-electron chi connectivity index (χ1n) is 6.01. The summed E-state index contributed by atoms with van der Waals surface area (Å²) in [5.41, 5.74) is 0.911. The van der Waals surface area contributed by atoms with Crippen LogP contribution in [0.25, 0.3) is 0 Å². The fraction of sp³-hybridized carbons (Fsp3) is 0.667. The number of amides is 1. The van der Waals surface area contributed by atoms with Gasteiger partial charge >= 0.3 is 0 Å². The molecule has 0 spiro atoms. The molecule has 2 fully saturated rings. The summed E-state index contributed by atoms with van der Waals surface area (Å²) in [6.07, 6.45) is 3.81. The van der Waals surface area contributed by atoms with Crippen LogP contribution < -0.4 is 0 Å². The van der Waals surface area contributed by atoms with Crippen molar-refractivity contribution in [3.05, 3.63) is 17.5 Å². The topological polar surface area (TPSA) is 58.4 Å². The number of carbonyl (C=O) groups excluding carboxylic acids is 1. The molecule has 1 saturated carbocycles. The van der Waals surface area contributed by atoms with Crippen LogP contribution in [-0.4, -0.2) is 44.4 Å². The third kappa shape index (κ3) is 1.57. The highest BCUT2D eigenvalue weighted by molar-refractivity contribution is 5.95. The van der Waals surface area contributed by atoms with E-state index in [0.29, 0.717) is 24.6 Å². The number of aryl methyl sites for hydroxylation is 1. The predicted octanol–water partition coefficient (Wildman–Crippen LogP) is 0.325. The molecule has 3 rings (SSSR count). The van der Waals surface area contributed by atoms with E-state index in [9.17, 15) is 9.90 Å². The van der Waals surface area contributed by atoms with Crippen molar-refractivity contribution < 1.29 is 9.90 Å². The van der Waals surface area contributed by atoms with Crippen LogP contribution >= 0.6 is 0 Å². The van der Waals surface area contributed by atoms with Crippen LogP contribution in [0.4, 0.5) is 0 Å². The van der Waals surface area contributed by atoms with Crippen molar-refractivity contribution in [3.63, 3.8) is 0 Å². The molecule has 5 nitrogen and oxygen atoms in total. The van der Waals surface area contributed by atoms with Gasteiger partial charge in [-0.1, -0.05) is 0 Å². The molecule has 1 aromatic rings. The summed E-state index contributed by atoms with van der Waals surface area (Å²) < 4.78 is 1.69. The van der Waals surface area contributed by atoms with Crippen molar-refractivity contribution in [1.29, 1.82) is 0 Å². The molecule has 1 aromatic heterocycles. The maximum Gasteiger partial charge on any atom is 0.257 e. The van der Waals surface area contributed by atoms with Gasteiger partial charge in [0.05, 0.1) is 24.8 Å². The summed E-state index contributed by atoms with van der Waals surface area (Å²) in [7, 11) is 1.82. The normalized spacial score (nSPS) is 22.4. The van der Waals surface area contributed by atoms with E-state index in [1.54, 1.807) is 15.8 Å². The highest BCUT2D eigenvalue weighted by Gasteiger charge is 2.53. The molecule has 5 heteroatoms. The Morgan fingerprint density at radius 2 is 2.18 bits per heavy atom. The van der Waals surface area contributed by atoms with Gasteiger partial charge in [-0.3, -0.25) is 9.48 Å². The molecule has 0 aromatic carbocycles. The molecule has 0 unspecified atom stereocenters. The first-order chi connectivity index (χ1) is 8.01. The molecular weight excluding hydrogens is 218 g/mol. The Morgan fingerprint density at radius 3 is 2.65 bits per heavy atom. The molecule has 2 heterocycles. The standard InChI is InChI=1S/C12H17N3O2/c1-8-10(5-13-14(8)2)11(16)15-6-12(17,7-15)9-3-4-9/h5,9,17H,3-4,6-7H2,1-2H3. The molecule has 1 N–H and O–H groups in total. The lowest BCUT2D eigenvalue weighted by molar-refractivity contribution is -0.0958. The van der Waals surface area contributed by atoms with Crippen molar-refractivity contribution >= 4 is 5.91 Å². The van der Waals surface area contributed by atoms with Gasteiger partial charge in [-0.15, -0.1) is 0 Å². The van der Waals surface area contributed by atoms with Crippen LogP contribution in [0.1, 0.15) is 28.9 Å². The second-order valence-electron chi connectivity index (χ2n) is 5.31. The second kappa shape index (κ2) is 3.32. The van der Waals surface area contributed by atoms with Gasteiger partial charge in [0.2, 0.25) is 0 Å². The van der Waals surface area contributed by atoms with Gasteiger partial charge in [0.1, 0.15) is 5.60 Å². The molecule has 1 aliphatic heterocycles. The van der Waals surface area contributed by atoms with E-state index in [1.807, 2.05) is 14.0 Å². The highest BCUT2D eigenvalue weighted by Crippen LogP contribution is 2.44. The molecule has 1 saturated heterocycles. The minimum absolute atomic E-state index is 0.0130. The van der Waals surface area contributed by atoms with Crippen LogP contribution in [0, 0.1) is 12.8 Å². The molecule has 0 radical (unpaired) electrons. The SMILES string of the molecule is Cc1c(C(=O)N2CC(O)(C3CC3)C2)cnn1C. The number of hydrogen-bond acceptors (Lipinski definition) is 3. The first kappa shape index (κ1) is 10.8. The highest BCUT2D eigenvalue weighted by atomic mass is 16.3. The minimum Gasteiger partial charge on any atom is -0.386 e. The van der Waals surface area contributed by atoms with E-state index in [-0.39, 0.29) is 5.91 Å². The van der Waals surface area contributed by atoms with E-state index < -0.39 is 5.60 Å². The third-order valence-electron chi connectivity index (χ3n) is 4.02. The lowest BCUT2D eigenvalue weighted by Gasteiger charge is -2.46. The van der Waals surface area contributed by atoms with E-state index in [2.05, 4.69) is 5.10 Å². The van der Waals surface area contributed by atoms with Crippen LogP contribution in [0.5, 0.6) is 0 Å². The largest absolute Gasteiger partial charge is 0.386 e. The Labute approximate surface area is 100 Å². The van der Waals surface area contributed by atoms with Gasteiger partial charge in [0, 0.05) is 12.7 Å². The Kier molecular flexibility index (Phi) is 2.10. The Morgan fingerprint density at radius 1 is 1.53 bits per heavy atom. The molecule has 92 valence electrons. The fourth-order valence-electron chi connectivity index (χ4n) is 2.52. The van der Waals surface area contributed by atoms with E-state index in [0.717, 1.165) is 18.5 Å². The smallest absolute Gasteiger partial charge is 0.257 e. The molecule has 0 atom stereocenters. The van der Waals surface area contributed by atoms with Gasteiger partial charge in [0.15, 0.2) is 0 Å². The van der Waals surface area contributed by atoms with Crippen molar-refractivity contribution in [1.82, 2.24) is 14.7 Å². The van der Waals surface area contributed by atoms with Crippen LogP contribution in [0.15, 0.2) is 6.20 Å². The number of aromatic nitrogens is 2. The van der Waals surface area contributed by atoms with Gasteiger partial charge in [-0.05, 0) is 25.7 Å². The summed E-state index contributed by atoms with van der Waals surface area (Å²) in [5, 5.41) is 14.2. The Balaban J connectivity index is 1.71. The summed E-state index contributed by atoms with van der Waals surface area (Å²) in [6.45, 7) is 2.84. The monoisotopic (exact) mass is 235 g/mol. The quantitative estimate of drug-likeness (QED) is 0.803. The molecule has 1 aliphatic carbocycles. The van der Waals surface area contributed by atoms with Gasteiger partial charge in [-0.2, -0.15) is 5.10 Å². The average Bonchev–Trinajstić information content (AvgIpc) is 3.03. The van der Waals surface area contributed by atoms with Crippen molar-refractivity contribution in [2.75, 3.05) is 13.1 Å². The minimum atomic E-state index is -0.605. The Hall–Kier alpha value is -1.36. The summed E-state index contributed by atoms with van der Waals surface area (Å²) in [6, 6.07) is 0. The lowest BCUT2D eigenvalue weighted by atomic mass is 9.88. The first-order valence-corrected chi connectivity index (χ1v) is 6.01. The fourth-order valence-corrected chi connectivity index (χ4v) is 2.52. The lowest BCUT2D eigenvalue weighted by Crippen LogP contribution is -2.64. The van der Waals surface area contributed by atoms with E-state index in [4.69, 9.17) is 0 Å². The zero-order valence-electron chi connectivity index (χ0n) is 10.2. The maximum absolute atomic E-state index is 12.2. The van der Waals surface area contributed by atoms with E-state index in [1.165, 1.54) is 0 Å². The van der Waals surface area contributed by atoms with Gasteiger partial charge in [-0.25, -0.2) is 0 Å². The van der Waals surface area contributed by atoms with Crippen molar-refractivity contribution in [2.24, 2.45) is 13.0 Å². The predicted molar refractivity (Wildman–Crippen MR) is 61.5 cm³/mol. The van der Waals surface area contributed by atoms with Crippen molar-refractivity contribution in [2.45, 2.75) is 25.4 Å². The molecule has 0 bridgehead atoms. The summed E-state index contributed by atoms with van der Waals surface area (Å²) >= 11 is 0. The number of aliphatic hydroxyl groups is 1. The van der Waals surface area contributed by atoms with E-state index >= 15 is 0 Å². The number of likely N-dealkylation sites (tertiary alicyclic amines) is 1. The zero-order chi connectivity index (χ0) is 12.2. The number of carbonyl (C=O) groups is 1. The molecule has 2 aliphatic rings. The Bertz CT molecular complexity index is 470. The number of hydrogen-bond donors (Lipinski definition) is 1. The molecular formula is C12H17N3O2. The van der Waals surface area contributed by atoms with Crippen LogP contribution in [0.3, 0.4) is 0 Å². The number of rotatable bonds is 2. The molecule has 1 amide bonds. The number of β-amino-alcohol motifs (C(OH)–C–C–N with tert-alkyl or cyclic N) is 1.